The standard InChI is InChI=1S/C22H20ClN3O5S/c1-31-21-12-11-17(23)13-19(21)26(32(29,30)18-8-3-2-4-9-18)15-22(28)25-24-14-16-7-5-6-10-20(16)27/h2-14,27H,15H2,1H3,(H,25,28)/b24-14-. The van der Waals surface area contributed by atoms with Crippen LogP contribution < -0.4 is 14.5 Å². The highest BCUT2D eigenvalue weighted by atomic mass is 35.5. The zero-order valence-electron chi connectivity index (χ0n) is 17.0. The van der Waals surface area contributed by atoms with Gasteiger partial charge in [0, 0.05) is 10.6 Å². The van der Waals surface area contributed by atoms with Crippen LogP contribution >= 0.6 is 11.6 Å². The fourth-order valence-corrected chi connectivity index (χ4v) is 4.42. The maximum atomic E-state index is 13.4. The number of carbonyl (C=O) groups excluding carboxylic acids is 1. The molecule has 8 nitrogen and oxygen atoms in total. The van der Waals surface area contributed by atoms with Crippen LogP contribution in [0.4, 0.5) is 5.69 Å². The van der Waals surface area contributed by atoms with Gasteiger partial charge in [0.2, 0.25) is 0 Å². The van der Waals surface area contributed by atoms with Crippen molar-refractivity contribution in [1.29, 1.82) is 0 Å². The first-order valence-electron chi connectivity index (χ1n) is 9.34. The van der Waals surface area contributed by atoms with E-state index in [-0.39, 0.29) is 27.1 Å². The number of benzene rings is 3. The van der Waals surface area contributed by atoms with Crippen LogP contribution in [-0.4, -0.2) is 39.3 Å². The highest BCUT2D eigenvalue weighted by Crippen LogP contribution is 2.34. The summed E-state index contributed by atoms with van der Waals surface area (Å²) in [7, 11) is -2.75. The number of phenols is 1. The Balaban J connectivity index is 1.92. The highest BCUT2D eigenvalue weighted by molar-refractivity contribution is 7.92. The SMILES string of the molecule is COc1ccc(Cl)cc1N(CC(=O)N/N=C\c1ccccc1O)S(=O)(=O)c1ccccc1. The van der Waals surface area contributed by atoms with Crippen molar-refractivity contribution in [2.24, 2.45) is 5.10 Å². The topological polar surface area (TPSA) is 108 Å². The second-order valence-corrected chi connectivity index (χ2v) is 8.79. The zero-order chi connectivity index (χ0) is 23.1. The molecule has 3 aromatic carbocycles. The lowest BCUT2D eigenvalue weighted by atomic mass is 10.2. The number of aromatic hydroxyl groups is 1. The van der Waals surface area contributed by atoms with E-state index in [0.29, 0.717) is 5.56 Å². The molecule has 0 saturated carbocycles. The number of hydrogen-bond acceptors (Lipinski definition) is 6. The van der Waals surface area contributed by atoms with Crippen molar-refractivity contribution in [3.63, 3.8) is 0 Å². The van der Waals surface area contributed by atoms with Gasteiger partial charge in [0.15, 0.2) is 0 Å². The molecule has 0 unspecified atom stereocenters. The maximum Gasteiger partial charge on any atom is 0.264 e. The number of hydrogen-bond donors (Lipinski definition) is 2. The number of nitrogens with zero attached hydrogens (tertiary/aromatic N) is 2. The molecule has 0 aliphatic rings. The number of sulfonamides is 1. The van der Waals surface area contributed by atoms with E-state index in [1.807, 2.05) is 0 Å². The first-order valence-corrected chi connectivity index (χ1v) is 11.2. The van der Waals surface area contributed by atoms with Gasteiger partial charge in [0.25, 0.3) is 15.9 Å². The summed E-state index contributed by atoms with van der Waals surface area (Å²) in [4.78, 5) is 12.6. The summed E-state index contributed by atoms with van der Waals surface area (Å²) < 4.78 is 32.9. The Labute approximate surface area is 190 Å². The molecule has 0 heterocycles. The van der Waals surface area contributed by atoms with Gasteiger partial charge in [-0.15, -0.1) is 0 Å². The van der Waals surface area contributed by atoms with E-state index in [1.165, 1.54) is 43.7 Å². The number of ether oxygens (including phenoxy) is 1. The van der Waals surface area contributed by atoms with Crippen LogP contribution in [0.2, 0.25) is 5.02 Å². The van der Waals surface area contributed by atoms with Gasteiger partial charge in [0.05, 0.1) is 23.9 Å². The molecule has 0 saturated heterocycles. The molecule has 166 valence electrons. The van der Waals surface area contributed by atoms with Crippen LogP contribution in [-0.2, 0) is 14.8 Å². The summed E-state index contributed by atoms with van der Waals surface area (Å²) >= 11 is 6.09. The number of amides is 1. The number of nitrogens with one attached hydrogen (secondary N) is 1. The Morgan fingerprint density at radius 2 is 1.81 bits per heavy atom. The molecule has 0 aliphatic heterocycles. The van der Waals surface area contributed by atoms with Gasteiger partial charge in [-0.3, -0.25) is 9.10 Å². The third kappa shape index (κ3) is 5.37. The van der Waals surface area contributed by atoms with Gasteiger partial charge in [-0.1, -0.05) is 41.9 Å². The molecule has 0 aliphatic carbocycles. The number of rotatable bonds is 8. The number of phenolic OH excluding ortho intramolecular Hbond substituents is 1. The summed E-state index contributed by atoms with van der Waals surface area (Å²) in [5.41, 5.74) is 2.76. The molecule has 0 spiro atoms. The number of methoxy groups -OCH3 is 1. The number of anilines is 1. The second kappa shape index (κ2) is 10.2. The molecule has 10 heteroatoms. The minimum atomic E-state index is -4.14. The van der Waals surface area contributed by atoms with Crippen molar-refractivity contribution in [2.75, 3.05) is 18.0 Å². The van der Waals surface area contributed by atoms with Gasteiger partial charge in [-0.05, 0) is 42.5 Å². The fraction of sp³-hybridized carbons (Fsp3) is 0.0909. The molecular weight excluding hydrogens is 454 g/mol. The maximum absolute atomic E-state index is 13.4. The number of halogens is 1. The van der Waals surface area contributed by atoms with Crippen molar-refractivity contribution in [3.8, 4) is 11.5 Å². The van der Waals surface area contributed by atoms with E-state index >= 15 is 0 Å². The van der Waals surface area contributed by atoms with E-state index in [0.717, 1.165) is 4.31 Å². The Bertz CT molecular complexity index is 1230. The van der Waals surface area contributed by atoms with Crippen LogP contribution in [0.3, 0.4) is 0 Å². The van der Waals surface area contributed by atoms with E-state index < -0.39 is 22.5 Å². The molecule has 32 heavy (non-hydrogen) atoms. The first kappa shape index (κ1) is 23.1. The summed E-state index contributed by atoms with van der Waals surface area (Å²) in [5, 5.41) is 13.8. The van der Waals surface area contributed by atoms with E-state index in [2.05, 4.69) is 10.5 Å². The van der Waals surface area contributed by atoms with Gasteiger partial charge in [0.1, 0.15) is 18.0 Å². The smallest absolute Gasteiger partial charge is 0.264 e. The molecule has 1 amide bonds. The predicted octanol–water partition coefficient (Wildman–Crippen LogP) is 3.40. The Morgan fingerprint density at radius 1 is 1.12 bits per heavy atom. The van der Waals surface area contributed by atoms with E-state index in [4.69, 9.17) is 16.3 Å². The quantitative estimate of drug-likeness (QED) is 0.385. The molecule has 0 radical (unpaired) electrons. The number of hydrazone groups is 1. The summed E-state index contributed by atoms with van der Waals surface area (Å²) in [6, 6.07) is 18.6. The fourth-order valence-electron chi connectivity index (χ4n) is 2.81. The molecule has 3 aromatic rings. The Morgan fingerprint density at radius 3 is 2.50 bits per heavy atom. The molecule has 2 N–H and O–H groups in total. The van der Waals surface area contributed by atoms with Crippen LogP contribution in [0.1, 0.15) is 5.56 Å². The number of carbonyl (C=O) groups is 1. The van der Waals surface area contributed by atoms with E-state index in [1.54, 1.807) is 42.5 Å². The van der Waals surface area contributed by atoms with Crippen molar-refractivity contribution in [3.05, 3.63) is 83.4 Å². The third-order valence-electron chi connectivity index (χ3n) is 4.36. The van der Waals surface area contributed by atoms with Crippen molar-refractivity contribution < 1.29 is 23.1 Å². The summed E-state index contributed by atoms with van der Waals surface area (Å²) in [5.74, 6) is -0.500. The number of para-hydroxylation sites is 1. The lowest BCUT2D eigenvalue weighted by molar-refractivity contribution is -0.119. The van der Waals surface area contributed by atoms with Crippen molar-refractivity contribution >= 4 is 39.4 Å². The molecule has 0 fully saturated rings. The highest BCUT2D eigenvalue weighted by Gasteiger charge is 2.29. The largest absolute Gasteiger partial charge is 0.507 e. The average Bonchev–Trinajstić information content (AvgIpc) is 2.79. The lowest BCUT2D eigenvalue weighted by Gasteiger charge is -2.25. The van der Waals surface area contributed by atoms with Crippen LogP contribution in [0.15, 0.2) is 82.8 Å². The Hall–Kier alpha value is -3.56. The first-order chi connectivity index (χ1) is 15.3. The molecule has 0 aromatic heterocycles. The second-order valence-electron chi connectivity index (χ2n) is 6.49. The van der Waals surface area contributed by atoms with Crippen molar-refractivity contribution in [2.45, 2.75) is 4.90 Å². The molecule has 0 atom stereocenters. The molecule has 0 bridgehead atoms. The van der Waals surface area contributed by atoms with Crippen LogP contribution in [0.5, 0.6) is 11.5 Å². The van der Waals surface area contributed by atoms with Gasteiger partial charge < -0.3 is 9.84 Å². The van der Waals surface area contributed by atoms with Crippen LogP contribution in [0.25, 0.3) is 0 Å². The van der Waals surface area contributed by atoms with E-state index in [9.17, 15) is 18.3 Å². The van der Waals surface area contributed by atoms with Gasteiger partial charge in [-0.25, -0.2) is 13.8 Å². The minimum absolute atomic E-state index is 0.00691. The summed E-state index contributed by atoms with van der Waals surface area (Å²) in [6.45, 7) is -0.591. The monoisotopic (exact) mass is 473 g/mol. The zero-order valence-corrected chi connectivity index (χ0v) is 18.5. The third-order valence-corrected chi connectivity index (χ3v) is 6.37. The van der Waals surface area contributed by atoms with Crippen LogP contribution in [0, 0.1) is 0 Å². The Kier molecular flexibility index (Phi) is 7.34. The van der Waals surface area contributed by atoms with Crippen molar-refractivity contribution in [1.82, 2.24) is 5.43 Å². The van der Waals surface area contributed by atoms with Gasteiger partial charge in [-0.2, -0.15) is 5.10 Å². The average molecular weight is 474 g/mol. The molecular formula is C22H20ClN3O5S. The predicted molar refractivity (Wildman–Crippen MR) is 123 cm³/mol. The normalized spacial score (nSPS) is 11.3. The minimum Gasteiger partial charge on any atom is -0.507 e. The molecule has 3 rings (SSSR count). The summed E-state index contributed by atoms with van der Waals surface area (Å²) in [6.07, 6.45) is 1.25. The lowest BCUT2D eigenvalue weighted by Crippen LogP contribution is -2.39. The van der Waals surface area contributed by atoms with Gasteiger partial charge >= 0.3 is 0 Å².